The van der Waals surface area contributed by atoms with Crippen LogP contribution < -0.4 is 20.9 Å². The highest BCUT2D eigenvalue weighted by Crippen LogP contribution is 2.37. The first kappa shape index (κ1) is 37.4. The molecule has 284 valence electrons. The molecule has 0 spiro atoms. The highest BCUT2D eigenvalue weighted by Gasteiger charge is 2.32. The summed E-state index contributed by atoms with van der Waals surface area (Å²) in [4.78, 5) is 56.0. The predicted octanol–water partition coefficient (Wildman–Crippen LogP) is 6.12. The summed E-state index contributed by atoms with van der Waals surface area (Å²) in [6, 6.07) is 16.0. The second-order valence-electron chi connectivity index (χ2n) is 14.7. The summed E-state index contributed by atoms with van der Waals surface area (Å²) in [6.07, 6.45) is 5.42. The summed E-state index contributed by atoms with van der Waals surface area (Å²) >= 11 is 6.94. The minimum Gasteiger partial charge on any atom is -0.496 e. The zero-order valence-corrected chi connectivity index (χ0v) is 31.6. The van der Waals surface area contributed by atoms with Crippen LogP contribution in [0, 0.1) is 5.82 Å². The van der Waals surface area contributed by atoms with E-state index in [1.54, 1.807) is 30.9 Å². The van der Waals surface area contributed by atoms with Crippen molar-refractivity contribution < 1.29 is 23.5 Å². The van der Waals surface area contributed by atoms with Crippen molar-refractivity contribution in [3.05, 3.63) is 93.1 Å². The van der Waals surface area contributed by atoms with E-state index in [1.807, 2.05) is 59.4 Å². The van der Waals surface area contributed by atoms with Crippen LogP contribution in [-0.2, 0) is 23.2 Å². The fourth-order valence-corrected chi connectivity index (χ4v) is 8.45. The quantitative estimate of drug-likeness (QED) is 0.208. The molecule has 3 fully saturated rings. The number of rotatable bonds is 8. The van der Waals surface area contributed by atoms with Crippen LogP contribution in [0.3, 0.4) is 0 Å². The maximum absolute atomic E-state index is 15.3. The van der Waals surface area contributed by atoms with Crippen molar-refractivity contribution in [2.45, 2.75) is 63.1 Å². The van der Waals surface area contributed by atoms with E-state index in [-0.39, 0.29) is 41.7 Å². The number of nitrogens with one attached hydrogen (secondary N) is 2. The summed E-state index contributed by atoms with van der Waals surface area (Å²) in [5, 5.41) is 7.45. The van der Waals surface area contributed by atoms with Crippen molar-refractivity contribution >= 4 is 45.9 Å². The maximum Gasteiger partial charge on any atom is 0.319 e. The summed E-state index contributed by atoms with van der Waals surface area (Å²) in [6.45, 7) is 3.30. The number of likely N-dealkylation sites (tertiary alicyclic amines) is 2. The Kier molecular flexibility index (Phi) is 10.9. The van der Waals surface area contributed by atoms with Crippen LogP contribution in [0.2, 0.25) is 5.02 Å². The van der Waals surface area contributed by atoms with Gasteiger partial charge in [0.1, 0.15) is 17.6 Å². The monoisotopic (exact) mass is 756 g/mol. The molecule has 3 aliphatic rings. The molecule has 13 heteroatoms. The third-order valence-corrected chi connectivity index (χ3v) is 11.7. The Labute approximate surface area is 319 Å². The average molecular weight is 757 g/mol. The van der Waals surface area contributed by atoms with Crippen molar-refractivity contribution in [3.8, 4) is 16.9 Å². The second kappa shape index (κ2) is 15.8. The van der Waals surface area contributed by atoms with Crippen LogP contribution in [0.4, 0.5) is 14.9 Å². The number of anilines is 1. The van der Waals surface area contributed by atoms with Crippen molar-refractivity contribution in [1.29, 1.82) is 0 Å². The first-order valence-electron chi connectivity index (χ1n) is 18.6. The number of carbonyl (C=O) groups is 3. The SMILES string of the molecule is COc1cc(-c2cn(C)c(=O)c3ccccc23)cc(Cl)c1CN1CCC(N(C)C(=O)N2CCC(c3ccc(NC4CCC(=O)NC4=O)cc3F)CC2)CC1. The molecule has 1 unspecified atom stereocenters. The molecule has 1 atom stereocenters. The molecule has 0 radical (unpaired) electrons. The lowest BCUT2D eigenvalue weighted by Crippen LogP contribution is -2.51. The van der Waals surface area contributed by atoms with Gasteiger partial charge in [0.25, 0.3) is 5.56 Å². The number of nitrogens with zero attached hydrogens (tertiary/aromatic N) is 4. The topological polar surface area (TPSA) is 116 Å². The van der Waals surface area contributed by atoms with Gasteiger partial charge in [-0.2, -0.15) is 0 Å². The number of ether oxygens (including phenoxy) is 1. The number of aromatic nitrogens is 1. The van der Waals surface area contributed by atoms with E-state index in [2.05, 4.69) is 15.5 Å². The van der Waals surface area contributed by atoms with Crippen LogP contribution >= 0.6 is 11.6 Å². The Morgan fingerprint density at radius 1 is 0.981 bits per heavy atom. The first-order chi connectivity index (χ1) is 26.0. The Bertz CT molecular complexity index is 2140. The van der Waals surface area contributed by atoms with Gasteiger partial charge in [-0.15, -0.1) is 0 Å². The van der Waals surface area contributed by atoms with Gasteiger partial charge in [-0.25, -0.2) is 9.18 Å². The molecule has 54 heavy (non-hydrogen) atoms. The number of imide groups is 1. The largest absolute Gasteiger partial charge is 0.496 e. The molecular formula is C41H46ClFN6O5. The number of fused-ring (bicyclic) bond motifs is 1. The summed E-state index contributed by atoms with van der Waals surface area (Å²) < 4.78 is 22.7. The summed E-state index contributed by atoms with van der Waals surface area (Å²) in [5.41, 5.74) is 3.74. The lowest BCUT2D eigenvalue weighted by Gasteiger charge is -2.40. The third-order valence-electron chi connectivity index (χ3n) is 11.4. The molecule has 4 amide bonds. The lowest BCUT2D eigenvalue weighted by molar-refractivity contribution is -0.133. The van der Waals surface area contributed by atoms with E-state index in [9.17, 15) is 19.2 Å². The smallest absolute Gasteiger partial charge is 0.319 e. The van der Waals surface area contributed by atoms with Gasteiger partial charge in [-0.1, -0.05) is 35.9 Å². The van der Waals surface area contributed by atoms with Crippen molar-refractivity contribution in [2.24, 2.45) is 7.05 Å². The van der Waals surface area contributed by atoms with Gasteiger partial charge >= 0.3 is 6.03 Å². The number of pyridine rings is 1. The molecule has 0 aliphatic carbocycles. The fourth-order valence-electron chi connectivity index (χ4n) is 8.18. The van der Waals surface area contributed by atoms with Gasteiger partial charge in [-0.3, -0.25) is 24.6 Å². The number of hydrogen-bond acceptors (Lipinski definition) is 7. The minimum atomic E-state index is -0.576. The molecule has 1 aromatic heterocycles. The van der Waals surface area contributed by atoms with Crippen LogP contribution in [0.25, 0.3) is 21.9 Å². The van der Waals surface area contributed by atoms with E-state index >= 15 is 4.39 Å². The molecule has 3 aliphatic heterocycles. The highest BCUT2D eigenvalue weighted by atomic mass is 35.5. The van der Waals surface area contributed by atoms with Gasteiger partial charge in [0.15, 0.2) is 0 Å². The number of carbonyl (C=O) groups excluding carboxylic acids is 3. The van der Waals surface area contributed by atoms with Crippen molar-refractivity contribution in [1.82, 2.24) is 24.6 Å². The standard InChI is InChI=1S/C41H46ClFN6O5/c1-46-23-32(30-6-4-5-7-31(30)40(46)52)26-20-34(42)33(37(21-26)54-3)24-48-16-14-28(15-17-48)47(2)41(53)49-18-12-25(13-19-49)29-9-8-27(22-35(29)43)44-36-10-11-38(50)45-39(36)51/h4-9,20-23,25,28,36,44H,10-19,24H2,1-3H3,(H,45,50,51). The molecule has 3 saturated heterocycles. The van der Waals surface area contributed by atoms with Crippen LogP contribution in [0.1, 0.15) is 55.6 Å². The summed E-state index contributed by atoms with van der Waals surface area (Å²) in [5.74, 6) is -0.352. The number of urea groups is 1. The van der Waals surface area contributed by atoms with Gasteiger partial charge < -0.3 is 24.4 Å². The molecule has 11 nitrogen and oxygen atoms in total. The highest BCUT2D eigenvalue weighted by molar-refractivity contribution is 6.32. The number of methoxy groups -OCH3 is 1. The average Bonchev–Trinajstić information content (AvgIpc) is 3.18. The molecule has 4 aromatic rings. The van der Waals surface area contributed by atoms with E-state index in [4.69, 9.17) is 16.3 Å². The number of aryl methyl sites for hydroxylation is 1. The van der Waals surface area contributed by atoms with Crippen molar-refractivity contribution in [2.75, 3.05) is 45.7 Å². The molecule has 7 rings (SSSR count). The van der Waals surface area contributed by atoms with E-state index < -0.39 is 11.9 Å². The lowest BCUT2D eigenvalue weighted by atomic mass is 9.89. The normalized spacial score (nSPS) is 18.8. The number of halogens is 2. The van der Waals surface area contributed by atoms with Crippen LogP contribution in [0.15, 0.2) is 65.6 Å². The Hall–Kier alpha value is -4.94. The summed E-state index contributed by atoms with van der Waals surface area (Å²) in [7, 11) is 5.27. The van der Waals surface area contributed by atoms with Crippen LogP contribution in [-0.4, -0.2) is 89.5 Å². The number of benzene rings is 3. The molecule has 3 aromatic carbocycles. The third kappa shape index (κ3) is 7.67. The number of amides is 4. The van der Waals surface area contributed by atoms with E-state index in [0.29, 0.717) is 66.3 Å². The number of piperidine rings is 3. The Balaban J connectivity index is 0.923. The molecule has 2 N–H and O–H groups in total. The Morgan fingerprint density at radius 2 is 1.70 bits per heavy atom. The molecule has 0 bridgehead atoms. The number of hydrogen-bond donors (Lipinski definition) is 2. The molecule has 0 saturated carbocycles. The van der Waals surface area contributed by atoms with E-state index in [1.165, 1.54) is 6.07 Å². The first-order valence-corrected chi connectivity index (χ1v) is 19.0. The van der Waals surface area contributed by atoms with Gasteiger partial charge in [0.2, 0.25) is 11.8 Å². The maximum atomic E-state index is 15.3. The van der Waals surface area contributed by atoms with Gasteiger partial charge in [0.05, 0.1) is 7.11 Å². The second-order valence-corrected chi connectivity index (χ2v) is 15.1. The predicted molar refractivity (Wildman–Crippen MR) is 207 cm³/mol. The zero-order valence-electron chi connectivity index (χ0n) is 30.9. The zero-order chi connectivity index (χ0) is 38.1. The Morgan fingerprint density at radius 3 is 2.39 bits per heavy atom. The van der Waals surface area contributed by atoms with Crippen LogP contribution in [0.5, 0.6) is 5.75 Å². The van der Waals surface area contributed by atoms with Gasteiger partial charge in [0, 0.05) is 92.7 Å². The molecule has 4 heterocycles. The minimum absolute atomic E-state index is 0.00222. The van der Waals surface area contributed by atoms with Crippen molar-refractivity contribution in [3.63, 3.8) is 0 Å². The van der Waals surface area contributed by atoms with Gasteiger partial charge in [-0.05, 0) is 84.9 Å². The molecular weight excluding hydrogens is 711 g/mol. The van der Waals surface area contributed by atoms with E-state index in [0.717, 1.165) is 48.0 Å². The fraction of sp³-hybridized carbons (Fsp3) is 0.415.